The van der Waals surface area contributed by atoms with Gasteiger partial charge in [-0.3, -0.25) is 0 Å². The van der Waals surface area contributed by atoms with Gasteiger partial charge in [-0.25, -0.2) is 0 Å². The number of hydrogen-bond donors (Lipinski definition) is 0. The number of fused-ring (bicyclic) bond motifs is 17. The highest BCUT2D eigenvalue weighted by Crippen LogP contribution is 2.57. The molecule has 16 aromatic carbocycles. The van der Waals surface area contributed by atoms with Crippen molar-refractivity contribution in [1.29, 1.82) is 10.5 Å². The number of nitrogens with zero attached hydrogens (tertiary/aromatic N) is 7. The van der Waals surface area contributed by atoms with E-state index in [1.165, 1.54) is 47.6 Å². The van der Waals surface area contributed by atoms with E-state index >= 15 is 0 Å². The second kappa shape index (κ2) is 25.7. The minimum Gasteiger partial charge on any atom is -0.310 e. The number of aromatic nitrogens is 3. The van der Waals surface area contributed by atoms with Gasteiger partial charge in [-0.2, -0.15) is 10.5 Å². The normalized spacial score (nSPS) is 12.7. The van der Waals surface area contributed by atoms with Crippen molar-refractivity contribution in [2.75, 3.05) is 9.80 Å². The predicted molar refractivity (Wildman–Crippen MR) is 485 cm³/mol. The first-order chi connectivity index (χ1) is 56.3. The average Bonchev–Trinajstić information content (AvgIpc) is 1.57. The minimum atomic E-state index is -0.419. The van der Waals surface area contributed by atoms with Crippen LogP contribution in [0, 0.1) is 22.7 Å². The topological polar surface area (TPSA) is 68.8 Å². The monoisotopic (exact) mass is 1490 g/mol. The molecule has 0 saturated heterocycles. The molecule has 2 aliphatic rings. The molecule has 0 amide bonds. The third kappa shape index (κ3) is 10.3. The lowest BCUT2D eigenvalue weighted by Crippen LogP contribution is -2.61. The summed E-state index contributed by atoms with van der Waals surface area (Å²) in [5.74, 6) is 0. The second-order valence-corrected chi connectivity index (χ2v) is 34.0. The maximum atomic E-state index is 10.7. The minimum absolute atomic E-state index is 0.141. The van der Waals surface area contributed by atoms with Crippen molar-refractivity contribution in [1.82, 2.24) is 13.7 Å². The molecule has 0 radical (unpaired) electrons. The first-order valence-electron chi connectivity index (χ1n) is 39.6. The Morgan fingerprint density at radius 2 is 0.678 bits per heavy atom. The summed E-state index contributed by atoms with van der Waals surface area (Å²) in [5, 5.41) is 30.2. The fourth-order valence-electron chi connectivity index (χ4n) is 19.1. The molecule has 0 atom stereocenters. The van der Waals surface area contributed by atoms with Crippen LogP contribution in [0.2, 0.25) is 0 Å². The van der Waals surface area contributed by atoms with Crippen LogP contribution in [-0.2, 0) is 10.8 Å². The van der Waals surface area contributed by atoms with Crippen molar-refractivity contribution in [3.8, 4) is 73.7 Å². The first-order valence-corrected chi connectivity index (χ1v) is 40.4. The SMILES string of the molecule is CC(C)(C)c1ccc2c(c1)c1cc(C(C)(C)C)ccc1n2-c1cc2c3c(c1)N(c1c(-c4ccccc4)cccc1-c1ccccc1)c1cc(-n4c5ccccc5c5cc(C#N)ccc54)c4c(sc5ccccc54)c1B3c1ccc(-n3c4ccccc4c4cc(C#N)ccc43)cc1N2c1c(-c2ccccc2)cccc1-c1ccccc1. The predicted octanol–water partition coefficient (Wildman–Crippen LogP) is 26.4. The van der Waals surface area contributed by atoms with E-state index in [2.05, 4.69) is 405 Å². The van der Waals surface area contributed by atoms with Gasteiger partial charge >= 0.3 is 0 Å². The molecular weight excluding hydrogens is 1410 g/mol. The third-order valence-electron chi connectivity index (χ3n) is 24.3. The van der Waals surface area contributed by atoms with E-state index in [0.717, 1.165) is 161 Å². The van der Waals surface area contributed by atoms with Gasteiger partial charge in [0, 0.05) is 103 Å². The number of benzene rings is 16. The van der Waals surface area contributed by atoms with Gasteiger partial charge in [0.25, 0.3) is 6.71 Å². The molecule has 0 N–H and O–H groups in total. The number of hydrogen-bond acceptors (Lipinski definition) is 5. The summed E-state index contributed by atoms with van der Waals surface area (Å²) in [6.07, 6.45) is 0. The highest BCUT2D eigenvalue weighted by atomic mass is 32.1. The molecule has 0 bridgehead atoms. The molecule has 22 rings (SSSR count). The molecule has 0 spiro atoms. The molecule has 0 aliphatic carbocycles. The maximum Gasteiger partial charge on any atom is 0.254 e. The summed E-state index contributed by atoms with van der Waals surface area (Å²) in [7, 11) is 0. The Morgan fingerprint density at radius 3 is 1.16 bits per heavy atom. The van der Waals surface area contributed by atoms with Gasteiger partial charge in [0.1, 0.15) is 0 Å². The van der Waals surface area contributed by atoms with Crippen LogP contribution >= 0.6 is 11.3 Å². The largest absolute Gasteiger partial charge is 0.310 e. The zero-order valence-electron chi connectivity index (χ0n) is 64.4. The van der Waals surface area contributed by atoms with Crippen molar-refractivity contribution >= 4 is 154 Å². The molecule has 0 fully saturated rings. The Labute approximate surface area is 671 Å². The summed E-state index contributed by atoms with van der Waals surface area (Å²) in [6, 6.07) is 131. The van der Waals surface area contributed by atoms with E-state index in [9.17, 15) is 10.5 Å². The summed E-state index contributed by atoms with van der Waals surface area (Å²) >= 11 is 1.89. The van der Waals surface area contributed by atoms with Crippen LogP contribution < -0.4 is 26.2 Å². The molecule has 4 aromatic heterocycles. The first kappa shape index (κ1) is 67.7. The summed E-state index contributed by atoms with van der Waals surface area (Å²) < 4.78 is 9.86. The van der Waals surface area contributed by atoms with Crippen LogP contribution in [0.5, 0.6) is 0 Å². The fraction of sp³-hybridized carbons (Fsp3) is 0.0755. The highest BCUT2D eigenvalue weighted by Gasteiger charge is 2.48. The van der Waals surface area contributed by atoms with Crippen molar-refractivity contribution in [2.24, 2.45) is 0 Å². The molecule has 115 heavy (non-hydrogen) atoms. The molecule has 542 valence electrons. The van der Waals surface area contributed by atoms with Gasteiger partial charge in [0.2, 0.25) is 0 Å². The Bertz CT molecular complexity index is 7380. The van der Waals surface area contributed by atoms with Crippen LogP contribution in [0.4, 0.5) is 34.1 Å². The van der Waals surface area contributed by atoms with Crippen molar-refractivity contribution in [2.45, 2.75) is 52.4 Å². The van der Waals surface area contributed by atoms with Crippen molar-refractivity contribution in [3.05, 3.63) is 362 Å². The average molecular weight is 1490 g/mol. The van der Waals surface area contributed by atoms with Gasteiger partial charge in [-0.1, -0.05) is 272 Å². The van der Waals surface area contributed by atoms with E-state index in [0.29, 0.717) is 11.1 Å². The third-order valence-corrected chi connectivity index (χ3v) is 25.6. The van der Waals surface area contributed by atoms with Crippen LogP contribution in [0.1, 0.15) is 63.8 Å². The van der Waals surface area contributed by atoms with E-state index < -0.39 is 6.71 Å². The Kier molecular flexibility index (Phi) is 15.1. The van der Waals surface area contributed by atoms with Gasteiger partial charge in [-0.15, -0.1) is 11.3 Å². The van der Waals surface area contributed by atoms with E-state index in [-0.39, 0.29) is 10.8 Å². The number of anilines is 6. The molecule has 2 aliphatic heterocycles. The van der Waals surface area contributed by atoms with Crippen molar-refractivity contribution in [3.63, 3.8) is 0 Å². The lowest BCUT2D eigenvalue weighted by atomic mass is 9.33. The van der Waals surface area contributed by atoms with Gasteiger partial charge < -0.3 is 23.5 Å². The zero-order valence-corrected chi connectivity index (χ0v) is 65.3. The fourth-order valence-corrected chi connectivity index (χ4v) is 20.4. The quantitative estimate of drug-likeness (QED) is 0.135. The molecule has 20 aromatic rings. The van der Waals surface area contributed by atoms with Crippen LogP contribution in [0.15, 0.2) is 340 Å². The molecule has 6 heterocycles. The van der Waals surface area contributed by atoms with Crippen LogP contribution in [-0.4, -0.2) is 20.4 Å². The Morgan fingerprint density at radius 1 is 0.296 bits per heavy atom. The number of rotatable bonds is 9. The molecule has 0 unspecified atom stereocenters. The molecular formula is C106H74BN7S. The maximum absolute atomic E-state index is 10.7. The zero-order chi connectivity index (χ0) is 77.3. The number of thiophene rings is 1. The Hall–Kier alpha value is -14.2. The lowest BCUT2D eigenvalue weighted by molar-refractivity contribution is 0.590. The molecule has 7 nitrogen and oxygen atoms in total. The van der Waals surface area contributed by atoms with Crippen LogP contribution in [0.25, 0.3) is 147 Å². The smallest absolute Gasteiger partial charge is 0.254 e. The van der Waals surface area contributed by atoms with E-state index in [1.54, 1.807) is 0 Å². The Balaban J connectivity index is 0.983. The highest BCUT2D eigenvalue weighted by molar-refractivity contribution is 7.28. The summed E-state index contributed by atoms with van der Waals surface area (Å²) in [6.45, 7) is 13.5. The van der Waals surface area contributed by atoms with Crippen molar-refractivity contribution < 1.29 is 0 Å². The van der Waals surface area contributed by atoms with Gasteiger partial charge in [0.15, 0.2) is 0 Å². The van der Waals surface area contributed by atoms with E-state index in [1.807, 2.05) is 23.5 Å². The van der Waals surface area contributed by atoms with E-state index in [4.69, 9.17) is 0 Å². The van der Waals surface area contributed by atoms with Gasteiger partial charge in [0.05, 0.1) is 79.1 Å². The summed E-state index contributed by atoms with van der Waals surface area (Å²) in [5.41, 5.74) is 31.3. The lowest BCUT2D eigenvalue weighted by Gasteiger charge is -2.46. The second-order valence-electron chi connectivity index (χ2n) is 32.9. The van der Waals surface area contributed by atoms with Gasteiger partial charge in [-0.05, 0) is 170 Å². The number of nitriles is 2. The summed E-state index contributed by atoms with van der Waals surface area (Å²) in [4.78, 5) is 5.39. The van der Waals surface area contributed by atoms with Crippen LogP contribution in [0.3, 0.4) is 0 Å². The number of para-hydroxylation sites is 4. The molecule has 0 saturated carbocycles. The molecule has 9 heteroatoms. The standard InChI is InChI=1S/C106H74BN7S/c1-105(2,3)71-47-53-90-84(57-71)85-58-72(106(4,5)6)48-54-91(85)111(90)74-60-95-100-96(61-74)114(103-77(69-31-15-9-16-32-69)40-26-41-78(103)70-33-17-10-18-34-70)97-62-94(112-88-43-23-20-36-80(88)83-56-66(64-109)46-52-92(83)112)99-81-37-21-24-44-98(81)115-104(99)101(97)107(100)86-50-49-73(110-87-42-22-19-35-79(87)82-55-65(63-108)45-51-89(82)110)59-93(86)113(95)102-75(67-27-11-7-12-28-67)38-25-39-76(102)68-29-13-8-14-30-68/h7-62H,1-6H3.